The van der Waals surface area contributed by atoms with E-state index in [1.165, 1.54) is 35.5 Å². The molecule has 2 saturated heterocycles. The minimum atomic E-state index is -1.07. The molecule has 1 N–H and O–H groups in total. The number of carbonyl (C=O) groups is 3. The largest absolute Gasteiger partial charge is 0.465 e. The third kappa shape index (κ3) is 4.44. The van der Waals surface area contributed by atoms with Crippen LogP contribution in [0.25, 0.3) is 0 Å². The van der Waals surface area contributed by atoms with Crippen molar-refractivity contribution in [3.63, 3.8) is 0 Å². The lowest BCUT2D eigenvalue weighted by Gasteiger charge is -2.46. The highest BCUT2D eigenvalue weighted by Crippen LogP contribution is 2.58. The minimum Gasteiger partial charge on any atom is -0.465 e. The van der Waals surface area contributed by atoms with Crippen molar-refractivity contribution in [1.29, 1.82) is 0 Å². The number of esters is 1. The quantitative estimate of drug-likeness (QED) is 0.214. The van der Waals surface area contributed by atoms with Gasteiger partial charge in [0.25, 0.3) is 5.69 Å². The smallest absolute Gasteiger partial charge is 0.338 e. The molecule has 4 atom stereocenters. The van der Waals surface area contributed by atoms with Gasteiger partial charge in [-0.15, -0.1) is 11.3 Å². The third-order valence-corrected chi connectivity index (χ3v) is 10.8. The molecule has 0 unspecified atom stereocenters. The number of hydrogen-bond donors (Lipinski definition) is 1. The summed E-state index contributed by atoms with van der Waals surface area (Å²) >= 11 is 14.0. The van der Waals surface area contributed by atoms with Crippen LogP contribution in [0.3, 0.4) is 0 Å². The third-order valence-electron chi connectivity index (χ3n) is 9.23. The number of nitro groups is 1. The Morgan fingerprint density at radius 1 is 1.16 bits per heavy atom. The van der Waals surface area contributed by atoms with E-state index in [0.29, 0.717) is 33.9 Å². The van der Waals surface area contributed by atoms with Gasteiger partial charge in [0.15, 0.2) is 0 Å². The number of anilines is 2. The van der Waals surface area contributed by atoms with E-state index in [0.717, 1.165) is 29.3 Å². The summed E-state index contributed by atoms with van der Waals surface area (Å²) in [6, 6.07) is 12.7. The molecule has 13 heteroatoms. The van der Waals surface area contributed by atoms with Crippen molar-refractivity contribution in [3.05, 3.63) is 84.0 Å². The molecule has 3 fully saturated rings. The van der Waals surface area contributed by atoms with Crippen molar-refractivity contribution in [3.8, 4) is 0 Å². The maximum atomic E-state index is 14.5. The number of likely N-dealkylation sites (tertiary alicyclic amines) is 1. The molecule has 1 saturated carbocycles. The van der Waals surface area contributed by atoms with Crippen LogP contribution < -0.4 is 10.2 Å². The van der Waals surface area contributed by atoms with Gasteiger partial charge in [0.2, 0.25) is 11.8 Å². The average Bonchev–Trinajstić information content (AvgIpc) is 3.53. The lowest BCUT2D eigenvalue weighted by molar-refractivity contribution is -0.384. The Hall–Kier alpha value is -3.51. The van der Waals surface area contributed by atoms with Crippen molar-refractivity contribution >= 4 is 69.4 Å². The number of fused-ring (bicyclic) bond motifs is 2. The first-order chi connectivity index (χ1) is 20.6. The van der Waals surface area contributed by atoms with Gasteiger partial charge in [-0.25, -0.2) is 4.79 Å². The summed E-state index contributed by atoms with van der Waals surface area (Å²) in [6.45, 7) is 0.782. The second-order valence-corrected chi connectivity index (χ2v) is 13.7. The molecular formula is C30H26Cl2N4O6S. The zero-order valence-electron chi connectivity index (χ0n) is 22.9. The predicted molar refractivity (Wildman–Crippen MR) is 162 cm³/mol. The second-order valence-electron chi connectivity index (χ2n) is 11.6. The maximum Gasteiger partial charge on any atom is 0.338 e. The lowest BCUT2D eigenvalue weighted by atomic mass is 9.72. The zero-order valence-corrected chi connectivity index (χ0v) is 25.2. The van der Waals surface area contributed by atoms with E-state index in [4.69, 9.17) is 27.9 Å². The van der Waals surface area contributed by atoms with Crippen LogP contribution in [-0.2, 0) is 20.7 Å². The van der Waals surface area contributed by atoms with E-state index in [1.54, 1.807) is 18.2 Å². The van der Waals surface area contributed by atoms with Crippen molar-refractivity contribution in [2.45, 2.75) is 36.8 Å². The van der Waals surface area contributed by atoms with Crippen LogP contribution in [0.15, 0.2) is 48.5 Å². The normalized spacial score (nSPS) is 26.4. The Kier molecular flexibility index (Phi) is 6.77. The molecular weight excluding hydrogens is 615 g/mol. The van der Waals surface area contributed by atoms with E-state index in [1.807, 2.05) is 12.1 Å². The molecule has 1 spiro atoms. The monoisotopic (exact) mass is 640 g/mol. The molecule has 3 aromatic rings. The van der Waals surface area contributed by atoms with Crippen molar-refractivity contribution in [2.75, 3.05) is 30.4 Å². The van der Waals surface area contributed by atoms with Crippen molar-refractivity contribution in [1.82, 2.24) is 4.90 Å². The zero-order chi connectivity index (χ0) is 30.2. The van der Waals surface area contributed by atoms with Gasteiger partial charge in [-0.05, 0) is 60.7 Å². The van der Waals surface area contributed by atoms with Crippen molar-refractivity contribution in [2.24, 2.45) is 11.8 Å². The van der Waals surface area contributed by atoms with E-state index in [-0.39, 0.29) is 35.3 Å². The molecule has 1 aromatic heterocycles. The number of nitrogens with zero attached hydrogens (tertiary/aromatic N) is 3. The van der Waals surface area contributed by atoms with Gasteiger partial charge in [-0.2, -0.15) is 0 Å². The number of nitro benzene ring substituents is 1. The topological polar surface area (TPSA) is 122 Å². The van der Waals surface area contributed by atoms with E-state index >= 15 is 0 Å². The van der Waals surface area contributed by atoms with Gasteiger partial charge in [0.05, 0.1) is 27.9 Å². The Labute approximate surface area is 260 Å². The average molecular weight is 642 g/mol. The summed E-state index contributed by atoms with van der Waals surface area (Å²) in [5.74, 6) is -2.03. The number of hydrogen-bond acceptors (Lipinski definition) is 8. The predicted octanol–water partition coefficient (Wildman–Crippen LogP) is 5.52. The van der Waals surface area contributed by atoms with E-state index in [9.17, 15) is 24.5 Å². The molecule has 3 aliphatic heterocycles. The van der Waals surface area contributed by atoms with Crippen LogP contribution in [0.2, 0.25) is 9.36 Å². The Balaban J connectivity index is 1.37. The fourth-order valence-corrected chi connectivity index (χ4v) is 8.68. The molecule has 4 heterocycles. The van der Waals surface area contributed by atoms with Crippen LogP contribution in [0.1, 0.15) is 39.6 Å². The van der Waals surface area contributed by atoms with Crippen molar-refractivity contribution < 1.29 is 24.0 Å². The van der Waals surface area contributed by atoms with E-state index < -0.39 is 34.3 Å². The summed E-state index contributed by atoms with van der Waals surface area (Å²) in [5, 5.41) is 15.8. The summed E-state index contributed by atoms with van der Waals surface area (Å²) in [6.07, 6.45) is 2.45. The molecule has 7 rings (SSSR count). The molecule has 2 amide bonds. The number of benzene rings is 2. The van der Waals surface area contributed by atoms with Crippen LogP contribution in [0, 0.1) is 22.0 Å². The van der Waals surface area contributed by atoms with Gasteiger partial charge < -0.3 is 15.0 Å². The number of amides is 2. The van der Waals surface area contributed by atoms with Crippen LogP contribution >= 0.6 is 34.5 Å². The molecule has 0 bridgehead atoms. The first kappa shape index (κ1) is 28.3. The SMILES string of the molecule is COC(=O)c1ccc(N2C[C@H]3[C@@H](C2=O)[C@H](c2ccc(Cl)s2)[C@@]2(Cc4ccc(Cl)cc4NC2=O)N3CC2CC2)c([N+](=O)[O-])c1. The second kappa shape index (κ2) is 10.3. The molecule has 10 nitrogen and oxygen atoms in total. The highest BCUT2D eigenvalue weighted by Gasteiger charge is 2.69. The summed E-state index contributed by atoms with van der Waals surface area (Å²) in [4.78, 5) is 57.0. The fraction of sp³-hybridized carbons (Fsp3) is 0.367. The van der Waals surface area contributed by atoms with Gasteiger partial charge in [0.1, 0.15) is 11.2 Å². The number of methoxy groups -OCH3 is 1. The molecule has 0 radical (unpaired) electrons. The van der Waals surface area contributed by atoms with Crippen LogP contribution in [-0.4, -0.2) is 59.4 Å². The van der Waals surface area contributed by atoms with Gasteiger partial charge in [-0.1, -0.05) is 29.3 Å². The highest BCUT2D eigenvalue weighted by molar-refractivity contribution is 7.16. The summed E-state index contributed by atoms with van der Waals surface area (Å²) < 4.78 is 5.29. The number of thiophene rings is 1. The van der Waals surface area contributed by atoms with Gasteiger partial charge in [0, 0.05) is 53.1 Å². The molecule has 222 valence electrons. The Bertz CT molecular complexity index is 1710. The number of ether oxygens (including phenoxy) is 1. The lowest BCUT2D eigenvalue weighted by Crippen LogP contribution is -2.62. The van der Waals surface area contributed by atoms with Crippen LogP contribution in [0.4, 0.5) is 17.1 Å². The van der Waals surface area contributed by atoms with Gasteiger partial charge in [-0.3, -0.25) is 24.6 Å². The first-order valence-electron chi connectivity index (χ1n) is 13.9. The standard InChI is InChI=1S/C30H26Cl2N4O6S/c1-42-28(38)16-5-7-20(21(10-16)36(40)41)34-14-22-25(27(34)37)26(23-8-9-24(32)43-23)30(35(22)13-15-2-3-15)12-17-4-6-18(31)11-19(17)33-29(30)39/h4-11,15,22,25-26H,2-3,12-14H2,1H3,(H,33,39)/t22-,25+,26-,30+/m0/s1. The molecule has 4 aliphatic rings. The van der Waals surface area contributed by atoms with E-state index in [2.05, 4.69) is 10.2 Å². The number of nitrogens with one attached hydrogen (secondary N) is 1. The fourth-order valence-electron chi connectivity index (χ4n) is 7.21. The summed E-state index contributed by atoms with van der Waals surface area (Å²) in [7, 11) is 1.20. The number of carbonyl (C=O) groups excluding carboxylic acids is 3. The molecule has 2 aromatic carbocycles. The minimum absolute atomic E-state index is 0.0165. The first-order valence-corrected chi connectivity index (χ1v) is 15.5. The van der Waals surface area contributed by atoms with Gasteiger partial charge >= 0.3 is 5.97 Å². The summed E-state index contributed by atoms with van der Waals surface area (Å²) in [5.41, 5.74) is 0.266. The maximum absolute atomic E-state index is 14.5. The Morgan fingerprint density at radius 3 is 2.63 bits per heavy atom. The molecule has 43 heavy (non-hydrogen) atoms. The van der Waals surface area contributed by atoms with Crippen LogP contribution in [0.5, 0.6) is 0 Å². The number of halogens is 2. The Morgan fingerprint density at radius 2 is 1.95 bits per heavy atom. The number of rotatable bonds is 6. The molecule has 1 aliphatic carbocycles. The highest BCUT2D eigenvalue weighted by atomic mass is 35.5.